The Morgan fingerprint density at radius 2 is 1.45 bits per heavy atom. The number of anilines is 1. The molecule has 0 unspecified atom stereocenters. The van der Waals surface area contributed by atoms with Crippen molar-refractivity contribution < 1.29 is 30.8 Å². The first-order valence-electron chi connectivity index (χ1n) is 12.5. The second kappa shape index (κ2) is 10.8. The van der Waals surface area contributed by atoms with Crippen LogP contribution in [0.5, 0.6) is 0 Å². The lowest BCUT2D eigenvalue weighted by atomic mass is 10.0. The maximum absolute atomic E-state index is 14.0. The van der Waals surface area contributed by atoms with E-state index in [9.17, 15) is 30.8 Å². The normalized spacial score (nSPS) is 15.1. The molecule has 4 aromatic carbocycles. The van der Waals surface area contributed by atoms with Gasteiger partial charge in [-0.05, 0) is 65.1 Å². The van der Waals surface area contributed by atoms with Crippen molar-refractivity contribution in [1.29, 1.82) is 0 Å². The highest BCUT2D eigenvalue weighted by Crippen LogP contribution is 2.37. The number of sulfonamides is 1. The number of para-hydroxylation sites is 1. The van der Waals surface area contributed by atoms with Crippen LogP contribution in [0.25, 0.3) is 11.1 Å². The fourth-order valence-corrected chi connectivity index (χ4v) is 6.43. The molecule has 0 spiro atoms. The monoisotopic (exact) mass is 568 g/mol. The van der Waals surface area contributed by atoms with Gasteiger partial charge in [-0.2, -0.15) is 13.2 Å². The molecule has 10 heteroatoms. The predicted octanol–water partition coefficient (Wildman–Crippen LogP) is 5.99. The van der Waals surface area contributed by atoms with Crippen molar-refractivity contribution in [2.24, 2.45) is 0 Å². The average molecular weight is 569 g/mol. The zero-order chi connectivity index (χ0) is 28.5. The molecule has 0 bridgehead atoms. The van der Waals surface area contributed by atoms with Gasteiger partial charge in [0.15, 0.2) is 0 Å². The van der Waals surface area contributed by atoms with E-state index in [1.165, 1.54) is 42.5 Å². The maximum atomic E-state index is 14.0. The van der Waals surface area contributed by atoms with Crippen molar-refractivity contribution in [3.63, 3.8) is 0 Å². The molecule has 5 rings (SSSR count). The summed E-state index contributed by atoms with van der Waals surface area (Å²) in [6, 6.07) is 22.4. The summed E-state index contributed by atoms with van der Waals surface area (Å²) in [7, 11) is -4.19. The average Bonchev–Trinajstić information content (AvgIpc) is 3.34. The largest absolute Gasteiger partial charge is 0.416 e. The summed E-state index contributed by atoms with van der Waals surface area (Å²) < 4.78 is 81.4. The molecule has 0 fully saturated rings. The first-order valence-corrected chi connectivity index (χ1v) is 13.9. The Morgan fingerprint density at radius 1 is 0.850 bits per heavy atom. The number of carbonyl (C=O) groups excluding carboxylic acids is 1. The second-order valence-electron chi connectivity index (χ2n) is 9.38. The van der Waals surface area contributed by atoms with Crippen LogP contribution in [-0.4, -0.2) is 26.9 Å². The number of hydrogen-bond acceptors (Lipinski definition) is 3. The molecule has 1 atom stereocenters. The summed E-state index contributed by atoms with van der Waals surface area (Å²) in [5.74, 6) is -0.883. The van der Waals surface area contributed by atoms with E-state index in [0.29, 0.717) is 27.9 Å². The highest BCUT2D eigenvalue weighted by Gasteiger charge is 2.42. The highest BCUT2D eigenvalue weighted by atomic mass is 32.2. The molecule has 206 valence electrons. The van der Waals surface area contributed by atoms with Gasteiger partial charge in [-0.3, -0.25) is 9.10 Å². The second-order valence-corrected chi connectivity index (χ2v) is 11.2. The number of nitrogens with zero attached hydrogens (tertiary/aromatic N) is 1. The Kier molecular flexibility index (Phi) is 7.37. The van der Waals surface area contributed by atoms with Crippen LogP contribution in [0.3, 0.4) is 0 Å². The first-order chi connectivity index (χ1) is 19.1. The number of hydrogen-bond donors (Lipinski definition) is 1. The predicted molar refractivity (Wildman–Crippen MR) is 144 cm³/mol. The van der Waals surface area contributed by atoms with Crippen molar-refractivity contribution in [3.05, 3.63) is 120 Å². The van der Waals surface area contributed by atoms with Crippen LogP contribution in [0.2, 0.25) is 0 Å². The van der Waals surface area contributed by atoms with E-state index in [2.05, 4.69) is 5.32 Å². The van der Waals surface area contributed by atoms with Gasteiger partial charge in [-0.25, -0.2) is 12.8 Å². The third-order valence-corrected chi connectivity index (χ3v) is 8.67. The fourth-order valence-electron chi connectivity index (χ4n) is 4.78. The number of carbonyl (C=O) groups is 1. The van der Waals surface area contributed by atoms with Gasteiger partial charge in [-0.15, -0.1) is 0 Å². The summed E-state index contributed by atoms with van der Waals surface area (Å²) in [6.45, 7) is 0.127. The molecule has 0 aromatic heterocycles. The lowest BCUT2D eigenvalue weighted by Crippen LogP contribution is -2.48. The number of fused-ring (bicyclic) bond motifs is 1. The van der Waals surface area contributed by atoms with Crippen molar-refractivity contribution in [1.82, 2.24) is 5.32 Å². The van der Waals surface area contributed by atoms with Crippen LogP contribution < -0.4 is 9.62 Å². The Bertz CT molecular complexity index is 1640. The van der Waals surface area contributed by atoms with Gasteiger partial charge in [-0.1, -0.05) is 60.7 Å². The first kappa shape index (κ1) is 27.4. The van der Waals surface area contributed by atoms with E-state index >= 15 is 0 Å². The Morgan fingerprint density at radius 3 is 2.10 bits per heavy atom. The zero-order valence-corrected chi connectivity index (χ0v) is 21.8. The van der Waals surface area contributed by atoms with E-state index in [1.54, 1.807) is 42.5 Å². The van der Waals surface area contributed by atoms with Crippen molar-refractivity contribution in [2.75, 3.05) is 10.8 Å². The minimum absolute atomic E-state index is 0.0657. The van der Waals surface area contributed by atoms with E-state index in [0.717, 1.165) is 16.4 Å². The third-order valence-electron chi connectivity index (χ3n) is 6.84. The van der Waals surface area contributed by atoms with Crippen LogP contribution in [0.15, 0.2) is 102 Å². The van der Waals surface area contributed by atoms with Gasteiger partial charge in [0.25, 0.3) is 10.0 Å². The minimum Gasteiger partial charge on any atom is -0.354 e. The van der Waals surface area contributed by atoms with Crippen molar-refractivity contribution in [3.8, 4) is 11.1 Å². The summed E-state index contributed by atoms with van der Waals surface area (Å²) in [5.41, 5.74) is 1.79. The number of halogens is 4. The van der Waals surface area contributed by atoms with Crippen LogP contribution in [0.1, 0.15) is 16.7 Å². The molecule has 1 aliphatic heterocycles. The van der Waals surface area contributed by atoms with Gasteiger partial charge < -0.3 is 5.32 Å². The molecule has 0 aliphatic carbocycles. The van der Waals surface area contributed by atoms with Gasteiger partial charge in [0.05, 0.1) is 16.1 Å². The Hall–Kier alpha value is -4.18. The van der Waals surface area contributed by atoms with Crippen molar-refractivity contribution in [2.45, 2.75) is 30.0 Å². The van der Waals surface area contributed by atoms with E-state index in [-0.39, 0.29) is 30.1 Å². The smallest absolute Gasteiger partial charge is 0.354 e. The zero-order valence-electron chi connectivity index (χ0n) is 21.0. The molecule has 1 N–H and O–H groups in total. The van der Waals surface area contributed by atoms with Gasteiger partial charge >= 0.3 is 6.18 Å². The summed E-state index contributed by atoms with van der Waals surface area (Å²) in [6.07, 6.45) is -4.04. The van der Waals surface area contributed by atoms with E-state index in [4.69, 9.17) is 0 Å². The number of benzene rings is 4. The van der Waals surface area contributed by atoms with Crippen LogP contribution >= 0.6 is 0 Å². The Balaban J connectivity index is 1.38. The molecule has 1 heterocycles. The Labute approximate surface area is 229 Å². The van der Waals surface area contributed by atoms with Crippen LogP contribution in [0.4, 0.5) is 23.2 Å². The molecule has 0 radical (unpaired) electrons. The molecule has 5 nitrogen and oxygen atoms in total. The van der Waals surface area contributed by atoms with Crippen molar-refractivity contribution >= 4 is 21.6 Å². The van der Waals surface area contributed by atoms with Crippen LogP contribution in [-0.2, 0) is 33.8 Å². The van der Waals surface area contributed by atoms with Gasteiger partial charge in [0.1, 0.15) is 11.9 Å². The maximum Gasteiger partial charge on any atom is 0.416 e. The fraction of sp³-hybridized carbons (Fsp3) is 0.167. The topological polar surface area (TPSA) is 66.5 Å². The highest BCUT2D eigenvalue weighted by molar-refractivity contribution is 7.93. The molecule has 1 aliphatic rings. The summed E-state index contributed by atoms with van der Waals surface area (Å²) in [4.78, 5) is 13.2. The molecule has 0 saturated carbocycles. The number of nitrogens with one attached hydrogen (secondary N) is 1. The minimum atomic E-state index is -4.46. The lowest BCUT2D eigenvalue weighted by molar-refractivity contribution is -0.137. The molecule has 1 amide bonds. The number of alkyl halides is 3. The molecule has 0 saturated heterocycles. The van der Waals surface area contributed by atoms with Gasteiger partial charge in [0.2, 0.25) is 5.91 Å². The third kappa shape index (κ3) is 5.44. The lowest BCUT2D eigenvalue weighted by Gasteiger charge is -2.26. The standard InChI is InChI=1S/C30H24F4N2O3S/c31-26-7-3-1-5-22(26)17-18-35-29(37)28-19-23-6-2-4-8-27(23)36(28)40(38,39)25-15-11-21(12-16-25)20-9-13-24(14-10-20)30(32,33)34/h1-16,28H,17-19H2,(H,35,37)/t28-/m0/s1. The molecule has 4 aromatic rings. The summed E-state index contributed by atoms with van der Waals surface area (Å²) in [5, 5.41) is 2.74. The van der Waals surface area contributed by atoms with Gasteiger partial charge in [0, 0.05) is 13.0 Å². The molecular formula is C30H24F4N2O3S. The molecular weight excluding hydrogens is 544 g/mol. The van der Waals surface area contributed by atoms with E-state index < -0.39 is 33.7 Å². The quantitative estimate of drug-likeness (QED) is 0.279. The van der Waals surface area contributed by atoms with Crippen LogP contribution in [0, 0.1) is 5.82 Å². The molecule has 40 heavy (non-hydrogen) atoms. The number of rotatable bonds is 7. The SMILES string of the molecule is O=C(NCCc1ccccc1F)[C@@H]1Cc2ccccc2N1S(=O)(=O)c1ccc(-c2ccc(C(F)(F)F)cc2)cc1. The summed E-state index contributed by atoms with van der Waals surface area (Å²) >= 11 is 0. The van der Waals surface area contributed by atoms with E-state index in [1.807, 2.05) is 0 Å². The number of amides is 1.